The maximum absolute atomic E-state index is 13.0. The van der Waals surface area contributed by atoms with Crippen molar-refractivity contribution in [2.45, 2.75) is 13.8 Å². The molecule has 0 saturated heterocycles. The van der Waals surface area contributed by atoms with E-state index in [1.807, 2.05) is 0 Å². The minimum Gasteiger partial charge on any atom is -0.495 e. The molecular weight excluding hydrogens is 354 g/mol. The molecule has 0 fully saturated rings. The number of halogens is 1. The Morgan fingerprint density at radius 1 is 1.08 bits per heavy atom. The molecule has 2 amide bonds. The van der Waals surface area contributed by atoms with E-state index in [1.165, 1.54) is 21.0 Å². The number of Topliss-reactive ketones (excluding diaryl/α,β-unsaturated/α-hetero) is 1. The Hall–Kier alpha value is -2.92. The maximum atomic E-state index is 13.0. The van der Waals surface area contributed by atoms with Gasteiger partial charge in [0.25, 0.3) is 5.91 Å². The van der Waals surface area contributed by atoms with Gasteiger partial charge in [0.05, 0.1) is 23.4 Å². The first kappa shape index (κ1) is 17.9. The summed E-state index contributed by atoms with van der Waals surface area (Å²) < 4.78 is 5.51. The van der Waals surface area contributed by atoms with Crippen molar-refractivity contribution in [1.29, 1.82) is 0 Å². The topological polar surface area (TPSA) is 63.7 Å². The number of ketones is 1. The van der Waals surface area contributed by atoms with E-state index < -0.39 is 11.8 Å². The molecule has 0 bridgehead atoms. The molecule has 6 heteroatoms. The third kappa shape index (κ3) is 2.80. The van der Waals surface area contributed by atoms with Gasteiger partial charge < -0.3 is 4.74 Å². The van der Waals surface area contributed by atoms with E-state index in [-0.39, 0.29) is 17.1 Å². The van der Waals surface area contributed by atoms with Gasteiger partial charge in [0.2, 0.25) is 5.91 Å². The van der Waals surface area contributed by atoms with Crippen molar-refractivity contribution in [2.75, 3.05) is 12.0 Å². The molecule has 0 spiro atoms. The molecular formula is C20H16ClNO4. The summed E-state index contributed by atoms with van der Waals surface area (Å²) in [5.41, 5.74) is 2.06. The monoisotopic (exact) mass is 369 g/mol. The SMILES string of the molecule is CO/C(=C1\C(=O)N(C(C)=O)c2ccc(C(C)=O)cc21)c1ccccc1Cl. The van der Waals surface area contributed by atoms with Gasteiger partial charge in [-0.15, -0.1) is 0 Å². The highest BCUT2D eigenvalue weighted by atomic mass is 35.5. The maximum Gasteiger partial charge on any atom is 0.269 e. The quantitative estimate of drug-likeness (QED) is 0.467. The number of rotatable bonds is 3. The Morgan fingerprint density at radius 2 is 1.77 bits per heavy atom. The Kier molecular flexibility index (Phi) is 4.66. The lowest BCUT2D eigenvalue weighted by molar-refractivity contribution is -0.122. The Labute approximate surface area is 155 Å². The zero-order valence-corrected chi connectivity index (χ0v) is 15.3. The smallest absolute Gasteiger partial charge is 0.269 e. The van der Waals surface area contributed by atoms with Crippen molar-refractivity contribution >= 4 is 46.2 Å². The number of carbonyl (C=O) groups excluding carboxylic acids is 3. The van der Waals surface area contributed by atoms with Crippen LogP contribution in [0.25, 0.3) is 11.3 Å². The number of hydrogen-bond acceptors (Lipinski definition) is 4. The van der Waals surface area contributed by atoms with Crippen LogP contribution in [0.1, 0.15) is 35.3 Å². The van der Waals surface area contributed by atoms with Crippen LogP contribution in [0, 0.1) is 0 Å². The number of methoxy groups -OCH3 is 1. The predicted octanol–water partition coefficient (Wildman–Crippen LogP) is 3.95. The van der Waals surface area contributed by atoms with Gasteiger partial charge in [-0.1, -0.05) is 23.7 Å². The molecule has 132 valence electrons. The van der Waals surface area contributed by atoms with E-state index in [1.54, 1.807) is 42.5 Å². The molecule has 1 aliphatic heterocycles. The molecule has 1 aliphatic rings. The number of benzene rings is 2. The van der Waals surface area contributed by atoms with Crippen LogP contribution in [-0.4, -0.2) is 24.7 Å². The summed E-state index contributed by atoms with van der Waals surface area (Å²) in [5.74, 6) is -0.815. The highest BCUT2D eigenvalue weighted by Crippen LogP contribution is 2.42. The molecule has 1 heterocycles. The third-order valence-electron chi connectivity index (χ3n) is 4.19. The number of ether oxygens (including phenoxy) is 1. The molecule has 3 rings (SSSR count). The van der Waals surface area contributed by atoms with Crippen LogP contribution in [0.2, 0.25) is 5.02 Å². The predicted molar refractivity (Wildman–Crippen MR) is 99.9 cm³/mol. The average molecular weight is 370 g/mol. The van der Waals surface area contributed by atoms with Gasteiger partial charge in [-0.2, -0.15) is 0 Å². The molecule has 0 radical (unpaired) electrons. The van der Waals surface area contributed by atoms with Gasteiger partial charge in [0.15, 0.2) is 5.78 Å². The molecule has 0 N–H and O–H groups in total. The van der Waals surface area contributed by atoms with E-state index in [2.05, 4.69) is 0 Å². The second-order valence-electron chi connectivity index (χ2n) is 5.84. The van der Waals surface area contributed by atoms with Crippen LogP contribution in [0.15, 0.2) is 42.5 Å². The summed E-state index contributed by atoms with van der Waals surface area (Å²) in [7, 11) is 1.43. The van der Waals surface area contributed by atoms with Gasteiger partial charge in [0, 0.05) is 23.6 Å². The second kappa shape index (κ2) is 6.77. The van der Waals surface area contributed by atoms with Gasteiger partial charge in [-0.05, 0) is 37.3 Å². The fourth-order valence-electron chi connectivity index (χ4n) is 3.01. The van der Waals surface area contributed by atoms with Gasteiger partial charge in [-0.3, -0.25) is 14.4 Å². The molecule has 2 aromatic carbocycles. The lowest BCUT2D eigenvalue weighted by Crippen LogP contribution is -2.31. The first-order chi connectivity index (χ1) is 12.4. The Balaban J connectivity index is 2.36. The number of carbonyl (C=O) groups is 3. The summed E-state index contributed by atoms with van der Waals surface area (Å²) in [6, 6.07) is 11.7. The summed E-state index contributed by atoms with van der Waals surface area (Å²) >= 11 is 6.27. The van der Waals surface area contributed by atoms with E-state index in [9.17, 15) is 14.4 Å². The third-order valence-corrected chi connectivity index (χ3v) is 4.52. The fraction of sp³-hybridized carbons (Fsp3) is 0.150. The van der Waals surface area contributed by atoms with Crippen molar-refractivity contribution < 1.29 is 19.1 Å². The van der Waals surface area contributed by atoms with Crippen LogP contribution in [0.5, 0.6) is 0 Å². The average Bonchev–Trinajstić information content (AvgIpc) is 2.89. The molecule has 0 aliphatic carbocycles. The van der Waals surface area contributed by atoms with Crippen LogP contribution >= 0.6 is 11.6 Å². The van der Waals surface area contributed by atoms with E-state index in [0.717, 1.165) is 4.90 Å². The number of imide groups is 1. The number of nitrogens with zero attached hydrogens (tertiary/aromatic N) is 1. The number of hydrogen-bond donors (Lipinski definition) is 0. The van der Waals surface area contributed by atoms with Gasteiger partial charge in [0.1, 0.15) is 5.76 Å². The van der Waals surface area contributed by atoms with Crippen molar-refractivity contribution in [3.63, 3.8) is 0 Å². The molecule has 0 unspecified atom stereocenters. The number of fused-ring (bicyclic) bond motifs is 1. The molecule has 0 saturated carbocycles. The van der Waals surface area contributed by atoms with Crippen molar-refractivity contribution in [3.05, 3.63) is 64.2 Å². The number of anilines is 1. The van der Waals surface area contributed by atoms with E-state index in [4.69, 9.17) is 16.3 Å². The van der Waals surface area contributed by atoms with E-state index >= 15 is 0 Å². The number of amides is 2. The summed E-state index contributed by atoms with van der Waals surface area (Å²) in [4.78, 5) is 37.9. The minimum atomic E-state index is -0.509. The standard InChI is InChI=1S/C20H16ClNO4/c1-11(23)13-8-9-17-15(10-13)18(20(25)22(17)12(2)24)19(26-3)14-6-4-5-7-16(14)21/h4-10H,1-3H3/b19-18-. The second-order valence-corrected chi connectivity index (χ2v) is 6.24. The largest absolute Gasteiger partial charge is 0.495 e. The highest BCUT2D eigenvalue weighted by molar-refractivity contribution is 6.43. The zero-order chi connectivity index (χ0) is 19.0. The summed E-state index contributed by atoms with van der Waals surface area (Å²) in [5, 5.41) is 0.412. The first-order valence-corrected chi connectivity index (χ1v) is 8.28. The molecule has 0 aromatic heterocycles. The van der Waals surface area contributed by atoms with Crippen LogP contribution < -0.4 is 4.90 Å². The van der Waals surface area contributed by atoms with Crippen molar-refractivity contribution in [3.8, 4) is 0 Å². The van der Waals surface area contributed by atoms with Gasteiger partial charge >= 0.3 is 0 Å². The van der Waals surface area contributed by atoms with Crippen molar-refractivity contribution in [2.24, 2.45) is 0 Å². The minimum absolute atomic E-state index is 0.141. The van der Waals surface area contributed by atoms with Gasteiger partial charge in [-0.25, -0.2) is 4.90 Å². The van der Waals surface area contributed by atoms with Crippen molar-refractivity contribution in [1.82, 2.24) is 0 Å². The van der Waals surface area contributed by atoms with Crippen LogP contribution in [0.4, 0.5) is 5.69 Å². The lowest BCUT2D eigenvalue weighted by atomic mass is 9.99. The summed E-state index contributed by atoms with van der Waals surface area (Å²) in [6.45, 7) is 2.75. The Morgan fingerprint density at radius 3 is 2.35 bits per heavy atom. The molecule has 0 atom stereocenters. The van der Waals surface area contributed by atoms with Crippen LogP contribution in [-0.2, 0) is 14.3 Å². The highest BCUT2D eigenvalue weighted by Gasteiger charge is 2.38. The summed E-state index contributed by atoms with van der Waals surface area (Å²) in [6.07, 6.45) is 0. The fourth-order valence-corrected chi connectivity index (χ4v) is 3.23. The Bertz CT molecular complexity index is 978. The molecule has 2 aromatic rings. The van der Waals surface area contributed by atoms with E-state index in [0.29, 0.717) is 27.4 Å². The zero-order valence-electron chi connectivity index (χ0n) is 14.5. The first-order valence-electron chi connectivity index (χ1n) is 7.90. The normalized spacial score (nSPS) is 14.9. The van der Waals surface area contributed by atoms with Crippen LogP contribution in [0.3, 0.4) is 0 Å². The molecule has 26 heavy (non-hydrogen) atoms. The molecule has 5 nitrogen and oxygen atoms in total. The lowest BCUT2D eigenvalue weighted by Gasteiger charge is -2.13.